The van der Waals surface area contributed by atoms with Crippen LogP contribution in [0.1, 0.15) is 95.5 Å². The van der Waals surface area contributed by atoms with Gasteiger partial charge in [0.15, 0.2) is 0 Å². The Bertz CT molecular complexity index is 1060. The summed E-state index contributed by atoms with van der Waals surface area (Å²) in [7, 11) is 1.47. The second-order valence-electron chi connectivity index (χ2n) is 12.0. The average Bonchev–Trinajstić information content (AvgIpc) is 2.95. The zero-order valence-electron chi connectivity index (χ0n) is 26.2. The van der Waals surface area contributed by atoms with Crippen molar-refractivity contribution in [2.24, 2.45) is 23.7 Å². The Labute approximate surface area is 251 Å². The van der Waals surface area contributed by atoms with Gasteiger partial charge in [-0.3, -0.25) is 4.79 Å². The summed E-state index contributed by atoms with van der Waals surface area (Å²) in [5.41, 5.74) is 0.444. The van der Waals surface area contributed by atoms with Gasteiger partial charge in [-0.2, -0.15) is 0 Å². The van der Waals surface area contributed by atoms with Crippen LogP contribution >= 0.6 is 0 Å². The number of benzene rings is 1. The quantitative estimate of drug-likeness (QED) is 0.174. The largest absolute Gasteiger partial charge is 0.507 e. The Hall–Kier alpha value is -2.68. The summed E-state index contributed by atoms with van der Waals surface area (Å²) in [5.74, 6) is -1.55. The summed E-state index contributed by atoms with van der Waals surface area (Å²) in [5, 5.41) is 42.7. The van der Waals surface area contributed by atoms with Crippen LogP contribution in [-0.4, -0.2) is 63.7 Å². The Morgan fingerprint density at radius 2 is 1.83 bits per heavy atom. The number of esters is 1. The average molecular weight is 589 g/mol. The number of rotatable bonds is 13. The predicted octanol–water partition coefficient (Wildman–Crippen LogP) is 5.54. The number of carbonyl (C=O) groups excluding carboxylic acids is 2. The number of hydrogen-bond acceptors (Lipinski definition) is 8. The van der Waals surface area contributed by atoms with Gasteiger partial charge in [0.2, 0.25) is 0 Å². The zero-order chi connectivity index (χ0) is 31.4. The first-order valence-electron chi connectivity index (χ1n) is 15.4. The van der Waals surface area contributed by atoms with Gasteiger partial charge in [0.25, 0.3) is 0 Å². The maximum atomic E-state index is 13.4. The van der Waals surface area contributed by atoms with Crippen molar-refractivity contribution in [3.05, 3.63) is 47.6 Å². The molecule has 1 aromatic carbocycles. The highest BCUT2D eigenvalue weighted by Gasteiger charge is 2.32. The molecule has 8 atom stereocenters. The molecule has 8 nitrogen and oxygen atoms in total. The first-order chi connectivity index (χ1) is 19.9. The number of phenolic OH excluding ortho intramolecular Hbond substituents is 1. The van der Waals surface area contributed by atoms with E-state index in [9.17, 15) is 30.0 Å². The number of phenols is 1. The highest BCUT2D eigenvalue weighted by molar-refractivity contribution is 5.94. The Balaban J connectivity index is 2.10. The molecular formula is C34H52O8. The summed E-state index contributed by atoms with van der Waals surface area (Å²) >= 11 is 0. The molecule has 236 valence electrons. The number of aliphatic hydroxyl groups is 3. The lowest BCUT2D eigenvalue weighted by Crippen LogP contribution is -2.37. The highest BCUT2D eigenvalue weighted by atomic mass is 16.5. The number of aliphatic hydroxyl groups excluding tert-OH is 3. The SMILES string of the molecule is CCCC(O)C(C)C(=O)CC/C=C/CC(C)C(O)C(C)C1C/C=C/CC(C)C(O)Cc2cc(OC)cc(O)c2C(=O)O1. The van der Waals surface area contributed by atoms with E-state index in [1.165, 1.54) is 13.2 Å². The molecule has 0 fully saturated rings. The predicted molar refractivity (Wildman–Crippen MR) is 164 cm³/mol. The number of ether oxygens (including phenoxy) is 2. The van der Waals surface area contributed by atoms with Crippen LogP contribution in [0.5, 0.6) is 11.5 Å². The van der Waals surface area contributed by atoms with Gasteiger partial charge in [0.05, 0.1) is 25.4 Å². The van der Waals surface area contributed by atoms with Crippen LogP contribution in [0.15, 0.2) is 36.4 Å². The first-order valence-corrected chi connectivity index (χ1v) is 15.4. The minimum absolute atomic E-state index is 0.000327. The molecule has 0 bridgehead atoms. The summed E-state index contributed by atoms with van der Waals surface area (Å²) in [6, 6.07) is 2.99. The molecule has 1 aromatic rings. The van der Waals surface area contributed by atoms with Crippen LogP contribution in [0.4, 0.5) is 0 Å². The van der Waals surface area contributed by atoms with Crippen LogP contribution in [0, 0.1) is 23.7 Å². The number of hydrogen-bond donors (Lipinski definition) is 4. The van der Waals surface area contributed by atoms with Crippen molar-refractivity contribution in [3.63, 3.8) is 0 Å². The van der Waals surface area contributed by atoms with E-state index in [0.717, 1.165) is 6.42 Å². The van der Waals surface area contributed by atoms with Gasteiger partial charge in [-0.05, 0) is 55.6 Å². The molecule has 8 heteroatoms. The lowest BCUT2D eigenvalue weighted by atomic mass is 9.85. The molecule has 0 spiro atoms. The van der Waals surface area contributed by atoms with Gasteiger partial charge < -0.3 is 29.9 Å². The smallest absolute Gasteiger partial charge is 0.342 e. The van der Waals surface area contributed by atoms with E-state index in [0.29, 0.717) is 49.8 Å². The fourth-order valence-electron chi connectivity index (χ4n) is 5.38. The molecule has 42 heavy (non-hydrogen) atoms. The van der Waals surface area contributed by atoms with Crippen molar-refractivity contribution >= 4 is 11.8 Å². The van der Waals surface area contributed by atoms with Crippen molar-refractivity contribution in [1.29, 1.82) is 0 Å². The van der Waals surface area contributed by atoms with Gasteiger partial charge in [-0.25, -0.2) is 4.79 Å². The number of Topliss-reactive ketones (excluding diaryl/α,β-unsaturated/α-hetero) is 1. The van der Waals surface area contributed by atoms with E-state index in [4.69, 9.17) is 9.47 Å². The van der Waals surface area contributed by atoms with Crippen LogP contribution in [-0.2, 0) is 16.0 Å². The summed E-state index contributed by atoms with van der Waals surface area (Å²) < 4.78 is 11.2. The molecule has 4 N–H and O–H groups in total. The van der Waals surface area contributed by atoms with Gasteiger partial charge in [0.1, 0.15) is 28.9 Å². The first kappa shape index (κ1) is 35.5. The topological polar surface area (TPSA) is 134 Å². The van der Waals surface area contributed by atoms with Crippen LogP contribution in [0.3, 0.4) is 0 Å². The van der Waals surface area contributed by atoms with Crippen LogP contribution < -0.4 is 4.74 Å². The molecule has 1 heterocycles. The summed E-state index contributed by atoms with van der Waals surface area (Å²) in [4.78, 5) is 25.7. The third kappa shape index (κ3) is 10.2. The van der Waals surface area contributed by atoms with Crippen molar-refractivity contribution in [1.82, 2.24) is 0 Å². The Kier molecular flexibility index (Phi) is 14.7. The number of methoxy groups -OCH3 is 1. The molecule has 0 aromatic heterocycles. The lowest BCUT2D eigenvalue weighted by Gasteiger charge is -2.31. The monoisotopic (exact) mass is 588 g/mol. The van der Waals surface area contributed by atoms with Gasteiger partial charge in [0, 0.05) is 30.7 Å². The number of fused-ring (bicyclic) bond motifs is 1. The second kappa shape index (κ2) is 17.4. The van der Waals surface area contributed by atoms with Crippen LogP contribution in [0.2, 0.25) is 0 Å². The van der Waals surface area contributed by atoms with Crippen molar-refractivity contribution < 1.29 is 39.5 Å². The van der Waals surface area contributed by atoms with Crippen molar-refractivity contribution in [2.75, 3.05) is 7.11 Å². The molecule has 0 radical (unpaired) electrons. The number of carbonyl (C=O) groups is 2. The van der Waals surface area contributed by atoms with E-state index in [-0.39, 0.29) is 41.3 Å². The molecule has 0 saturated carbocycles. The standard InChI is InChI=1S/C34H52O8/c1-7-13-27(35)23(4)28(36)16-10-8-9-15-22(3)33(39)24(5)31-17-12-11-14-21(2)29(37)19-25-18-26(41-6)20-30(38)32(25)34(40)42-31/h8-9,11-12,18,20-24,27,29,31,33,35,37-39H,7,10,13-17,19H2,1-6H3/b9-8+,12-11+. The summed E-state index contributed by atoms with van der Waals surface area (Å²) in [6.45, 7) is 9.48. The normalized spacial score (nSPS) is 24.3. The van der Waals surface area contributed by atoms with Gasteiger partial charge in [-0.1, -0.05) is 65.3 Å². The third-order valence-electron chi connectivity index (χ3n) is 8.61. The number of cyclic esters (lactones) is 1. The lowest BCUT2D eigenvalue weighted by molar-refractivity contribution is -0.125. The fraction of sp³-hybridized carbons (Fsp3) is 0.647. The minimum atomic E-state index is -0.774. The van der Waals surface area contributed by atoms with Gasteiger partial charge >= 0.3 is 5.97 Å². The second-order valence-corrected chi connectivity index (χ2v) is 12.0. The highest BCUT2D eigenvalue weighted by Crippen LogP contribution is 2.33. The molecule has 0 saturated heterocycles. The Morgan fingerprint density at radius 1 is 1.14 bits per heavy atom. The minimum Gasteiger partial charge on any atom is -0.507 e. The van der Waals surface area contributed by atoms with Crippen LogP contribution in [0.25, 0.3) is 0 Å². The zero-order valence-corrected chi connectivity index (χ0v) is 26.2. The Morgan fingerprint density at radius 3 is 2.50 bits per heavy atom. The molecular weight excluding hydrogens is 536 g/mol. The number of ketones is 1. The third-order valence-corrected chi connectivity index (χ3v) is 8.61. The van der Waals surface area contributed by atoms with E-state index >= 15 is 0 Å². The fourth-order valence-corrected chi connectivity index (χ4v) is 5.38. The molecule has 1 aliphatic rings. The molecule has 2 rings (SSSR count). The maximum absolute atomic E-state index is 13.4. The number of allylic oxidation sites excluding steroid dienone is 3. The van der Waals surface area contributed by atoms with E-state index in [2.05, 4.69) is 0 Å². The van der Waals surface area contributed by atoms with E-state index in [1.54, 1.807) is 13.0 Å². The van der Waals surface area contributed by atoms with E-state index < -0.39 is 36.3 Å². The molecule has 0 aliphatic carbocycles. The molecule has 8 unspecified atom stereocenters. The van der Waals surface area contributed by atoms with Gasteiger partial charge in [-0.15, -0.1) is 0 Å². The maximum Gasteiger partial charge on any atom is 0.342 e. The summed E-state index contributed by atoms with van der Waals surface area (Å²) in [6.07, 6.45) is 9.18. The van der Waals surface area contributed by atoms with Crippen molar-refractivity contribution in [3.8, 4) is 11.5 Å². The van der Waals surface area contributed by atoms with Crippen molar-refractivity contribution in [2.45, 2.75) is 110 Å². The number of aromatic hydroxyl groups is 1. The molecule has 1 aliphatic heterocycles. The van der Waals surface area contributed by atoms with E-state index in [1.807, 2.05) is 52.0 Å². The molecule has 0 amide bonds.